The van der Waals surface area contributed by atoms with Gasteiger partial charge in [0.2, 0.25) is 0 Å². The molecule has 0 aromatic carbocycles. The number of pyridine rings is 1. The van der Waals surface area contributed by atoms with Gasteiger partial charge in [-0.3, -0.25) is 0 Å². The third kappa shape index (κ3) is 2.97. The average Bonchev–Trinajstić information content (AvgIpc) is 2.22. The number of aromatic nitrogens is 1. The van der Waals surface area contributed by atoms with Crippen molar-refractivity contribution in [2.45, 2.75) is 46.5 Å². The first-order valence-corrected chi connectivity index (χ1v) is 6.26. The molecule has 0 bridgehead atoms. The predicted octanol–water partition coefficient (Wildman–Crippen LogP) is 3.36. The monoisotopic (exact) mass is 220 g/mol. The second kappa shape index (κ2) is 5.88. The molecule has 90 valence electrons. The molecule has 0 unspecified atom stereocenters. The fraction of sp³-hybridized carbons (Fsp3) is 0.643. The van der Waals surface area contributed by atoms with Gasteiger partial charge in [-0.05, 0) is 30.9 Å². The quantitative estimate of drug-likeness (QED) is 0.756. The maximum Gasteiger partial charge on any atom is 0.131 e. The van der Waals surface area contributed by atoms with Crippen LogP contribution in [0, 0.1) is 6.92 Å². The van der Waals surface area contributed by atoms with Crippen LogP contribution in [-0.2, 0) is 12.8 Å². The lowest BCUT2D eigenvalue weighted by Gasteiger charge is -2.18. The fourth-order valence-electron chi connectivity index (χ4n) is 2.09. The Morgan fingerprint density at radius 2 is 1.75 bits per heavy atom. The summed E-state index contributed by atoms with van der Waals surface area (Å²) in [4.78, 5) is 6.91. The van der Waals surface area contributed by atoms with E-state index in [4.69, 9.17) is 4.98 Å². The van der Waals surface area contributed by atoms with E-state index in [0.29, 0.717) is 0 Å². The molecule has 0 fully saturated rings. The van der Waals surface area contributed by atoms with Gasteiger partial charge in [0.1, 0.15) is 5.82 Å². The van der Waals surface area contributed by atoms with E-state index >= 15 is 0 Å². The highest BCUT2D eigenvalue weighted by Crippen LogP contribution is 2.21. The van der Waals surface area contributed by atoms with Gasteiger partial charge in [0.25, 0.3) is 0 Å². The minimum atomic E-state index is 1.09. The molecule has 1 rings (SSSR count). The maximum absolute atomic E-state index is 4.81. The van der Waals surface area contributed by atoms with E-state index in [9.17, 15) is 0 Å². The summed E-state index contributed by atoms with van der Waals surface area (Å²) in [7, 11) is 4.12. The molecule has 1 aromatic heterocycles. The van der Waals surface area contributed by atoms with Crippen molar-refractivity contribution in [3.63, 3.8) is 0 Å². The zero-order chi connectivity index (χ0) is 12.1. The lowest BCUT2D eigenvalue weighted by Crippen LogP contribution is -2.14. The molecule has 0 aliphatic carbocycles. The summed E-state index contributed by atoms with van der Waals surface area (Å²) >= 11 is 0. The number of aryl methyl sites for hydroxylation is 3. The Hall–Kier alpha value is -1.05. The van der Waals surface area contributed by atoms with Crippen molar-refractivity contribution in [2.24, 2.45) is 0 Å². The van der Waals surface area contributed by atoms with Gasteiger partial charge in [-0.1, -0.05) is 32.8 Å². The molecule has 0 aliphatic rings. The van der Waals surface area contributed by atoms with Crippen LogP contribution in [0.4, 0.5) is 5.82 Å². The molecule has 1 aromatic rings. The molecular weight excluding hydrogens is 196 g/mol. The molecule has 0 spiro atoms. The van der Waals surface area contributed by atoms with Gasteiger partial charge in [-0.2, -0.15) is 0 Å². The Balaban J connectivity index is 3.14. The highest BCUT2D eigenvalue weighted by atomic mass is 15.1. The lowest BCUT2D eigenvalue weighted by atomic mass is 10.0. The number of anilines is 1. The van der Waals surface area contributed by atoms with Crippen LogP contribution >= 0.6 is 0 Å². The van der Waals surface area contributed by atoms with Crippen LogP contribution in [-0.4, -0.2) is 19.1 Å². The highest BCUT2D eigenvalue weighted by Gasteiger charge is 2.09. The fourth-order valence-corrected chi connectivity index (χ4v) is 2.09. The van der Waals surface area contributed by atoms with Crippen molar-refractivity contribution in [1.29, 1.82) is 0 Å². The Labute approximate surface area is 99.7 Å². The Kier molecular flexibility index (Phi) is 4.78. The summed E-state index contributed by atoms with van der Waals surface area (Å²) < 4.78 is 0. The normalized spacial score (nSPS) is 10.6. The van der Waals surface area contributed by atoms with Gasteiger partial charge >= 0.3 is 0 Å². The molecule has 2 nitrogen and oxygen atoms in total. The summed E-state index contributed by atoms with van der Waals surface area (Å²) in [6.45, 7) is 6.59. The lowest BCUT2D eigenvalue weighted by molar-refractivity contribution is 0.820. The first kappa shape index (κ1) is 13.0. The van der Waals surface area contributed by atoms with Crippen LogP contribution in [0.25, 0.3) is 0 Å². The molecule has 2 heteroatoms. The van der Waals surface area contributed by atoms with Crippen LogP contribution in [0.2, 0.25) is 0 Å². The van der Waals surface area contributed by atoms with Crippen molar-refractivity contribution < 1.29 is 0 Å². The minimum absolute atomic E-state index is 1.09. The molecular formula is C14H24N2. The minimum Gasteiger partial charge on any atom is -0.363 e. The van der Waals surface area contributed by atoms with E-state index in [1.54, 1.807) is 0 Å². The first-order chi connectivity index (χ1) is 7.60. The largest absolute Gasteiger partial charge is 0.363 e. The molecule has 1 heterocycles. The molecule has 16 heavy (non-hydrogen) atoms. The van der Waals surface area contributed by atoms with Crippen LogP contribution in [0.1, 0.15) is 43.5 Å². The van der Waals surface area contributed by atoms with Gasteiger partial charge in [0, 0.05) is 19.8 Å². The van der Waals surface area contributed by atoms with E-state index in [-0.39, 0.29) is 0 Å². The molecule has 0 aliphatic heterocycles. The van der Waals surface area contributed by atoms with E-state index in [1.807, 2.05) is 0 Å². The third-order valence-corrected chi connectivity index (χ3v) is 2.78. The molecule has 0 N–H and O–H groups in total. The highest BCUT2D eigenvalue weighted by molar-refractivity contribution is 5.48. The van der Waals surface area contributed by atoms with Gasteiger partial charge in [0.05, 0.1) is 0 Å². The van der Waals surface area contributed by atoms with Gasteiger partial charge in [-0.25, -0.2) is 4.98 Å². The van der Waals surface area contributed by atoms with Crippen molar-refractivity contribution in [3.05, 3.63) is 22.9 Å². The van der Waals surface area contributed by atoms with Crippen molar-refractivity contribution in [2.75, 3.05) is 19.0 Å². The van der Waals surface area contributed by atoms with Crippen molar-refractivity contribution >= 4 is 5.82 Å². The number of hydrogen-bond donors (Lipinski definition) is 0. The van der Waals surface area contributed by atoms with Gasteiger partial charge in [0.15, 0.2) is 0 Å². The topological polar surface area (TPSA) is 16.1 Å². The summed E-state index contributed by atoms with van der Waals surface area (Å²) in [5.74, 6) is 1.11. The second-order valence-corrected chi connectivity index (χ2v) is 4.63. The van der Waals surface area contributed by atoms with Gasteiger partial charge in [-0.15, -0.1) is 0 Å². The first-order valence-electron chi connectivity index (χ1n) is 6.26. The maximum atomic E-state index is 4.81. The summed E-state index contributed by atoms with van der Waals surface area (Å²) in [5, 5.41) is 0. The van der Waals surface area contributed by atoms with Crippen LogP contribution in [0.5, 0.6) is 0 Å². The van der Waals surface area contributed by atoms with Gasteiger partial charge < -0.3 is 4.90 Å². The molecule has 0 saturated carbocycles. The Bertz CT molecular complexity index is 343. The standard InChI is InChI=1S/C14H24N2/c1-6-8-12-10-11(3)14(16(4)5)15-13(12)9-7-2/h10H,6-9H2,1-5H3. The Morgan fingerprint density at radius 3 is 2.25 bits per heavy atom. The molecule has 0 radical (unpaired) electrons. The van der Waals surface area contributed by atoms with E-state index in [1.165, 1.54) is 29.7 Å². The van der Waals surface area contributed by atoms with Crippen molar-refractivity contribution in [1.82, 2.24) is 4.98 Å². The summed E-state index contributed by atoms with van der Waals surface area (Å²) in [5.41, 5.74) is 4.01. The van der Waals surface area contributed by atoms with E-state index in [0.717, 1.165) is 18.7 Å². The zero-order valence-corrected chi connectivity index (χ0v) is 11.3. The number of nitrogens with zero attached hydrogens (tertiary/aromatic N) is 2. The van der Waals surface area contributed by atoms with Crippen LogP contribution < -0.4 is 4.90 Å². The second-order valence-electron chi connectivity index (χ2n) is 4.63. The smallest absolute Gasteiger partial charge is 0.131 e. The summed E-state index contributed by atoms with van der Waals surface area (Å²) in [6, 6.07) is 2.32. The van der Waals surface area contributed by atoms with Crippen LogP contribution in [0.15, 0.2) is 6.07 Å². The van der Waals surface area contributed by atoms with Crippen LogP contribution in [0.3, 0.4) is 0 Å². The predicted molar refractivity (Wildman–Crippen MR) is 71.3 cm³/mol. The van der Waals surface area contributed by atoms with Crippen molar-refractivity contribution in [3.8, 4) is 0 Å². The molecule has 0 amide bonds. The SMILES string of the molecule is CCCc1cc(C)c(N(C)C)nc1CCC. The average molecular weight is 220 g/mol. The summed E-state index contributed by atoms with van der Waals surface area (Å²) in [6.07, 6.45) is 4.60. The number of hydrogen-bond acceptors (Lipinski definition) is 2. The Morgan fingerprint density at radius 1 is 1.12 bits per heavy atom. The molecule has 0 saturated heterocycles. The third-order valence-electron chi connectivity index (χ3n) is 2.78. The molecule has 0 atom stereocenters. The number of rotatable bonds is 5. The van der Waals surface area contributed by atoms with E-state index in [2.05, 4.69) is 45.8 Å². The van der Waals surface area contributed by atoms with E-state index < -0.39 is 0 Å². The zero-order valence-electron chi connectivity index (χ0n) is 11.3.